The Labute approximate surface area is 126 Å². The van der Waals surface area contributed by atoms with Gasteiger partial charge in [0, 0.05) is 12.1 Å². The van der Waals surface area contributed by atoms with E-state index in [9.17, 15) is 9.90 Å². The largest absolute Gasteiger partial charge is 0.387 e. The molecule has 0 saturated heterocycles. The zero-order valence-electron chi connectivity index (χ0n) is 11.5. The molecular weight excluding hydrogens is 288 g/mol. The fourth-order valence-electron chi connectivity index (χ4n) is 2.50. The smallest absolute Gasteiger partial charge is 0.328 e. The monoisotopic (exact) mass is 302 g/mol. The molecule has 21 heavy (non-hydrogen) atoms. The third-order valence-electron chi connectivity index (χ3n) is 3.66. The molecule has 108 valence electrons. The standard InChI is InChI=1S/C16H15ClN2O2/c1-18-13-4-2-3-5-14(13)19(16(18)21)10-15(20)11-6-8-12(17)9-7-11/h2-9,15,20H,10H2,1H3/t15-/m0/s1. The van der Waals surface area contributed by atoms with Crippen LogP contribution in [0.25, 0.3) is 11.0 Å². The molecule has 0 aliphatic heterocycles. The number of aromatic nitrogens is 2. The van der Waals surface area contributed by atoms with Gasteiger partial charge in [-0.25, -0.2) is 4.79 Å². The molecule has 3 rings (SSSR count). The summed E-state index contributed by atoms with van der Waals surface area (Å²) < 4.78 is 3.18. The van der Waals surface area contributed by atoms with Crippen LogP contribution in [0.1, 0.15) is 11.7 Å². The molecule has 4 nitrogen and oxygen atoms in total. The lowest BCUT2D eigenvalue weighted by Gasteiger charge is -2.12. The Morgan fingerprint density at radius 2 is 1.71 bits per heavy atom. The molecule has 0 amide bonds. The van der Waals surface area contributed by atoms with E-state index in [4.69, 9.17) is 11.6 Å². The summed E-state index contributed by atoms with van der Waals surface area (Å²) in [6.07, 6.45) is -0.759. The fourth-order valence-corrected chi connectivity index (χ4v) is 2.63. The third kappa shape index (κ3) is 2.48. The molecule has 0 unspecified atom stereocenters. The molecule has 0 fully saturated rings. The third-order valence-corrected chi connectivity index (χ3v) is 3.91. The fraction of sp³-hybridized carbons (Fsp3) is 0.188. The van der Waals surface area contributed by atoms with Crippen LogP contribution in [0.3, 0.4) is 0 Å². The highest BCUT2D eigenvalue weighted by atomic mass is 35.5. The molecule has 0 bridgehead atoms. The number of para-hydroxylation sites is 2. The lowest BCUT2D eigenvalue weighted by Crippen LogP contribution is -2.24. The molecule has 1 atom stereocenters. The van der Waals surface area contributed by atoms with E-state index >= 15 is 0 Å². The maximum Gasteiger partial charge on any atom is 0.328 e. The molecule has 5 heteroatoms. The van der Waals surface area contributed by atoms with Crippen molar-refractivity contribution in [2.45, 2.75) is 12.6 Å². The van der Waals surface area contributed by atoms with E-state index in [1.54, 1.807) is 40.4 Å². The van der Waals surface area contributed by atoms with E-state index in [2.05, 4.69) is 0 Å². The number of nitrogens with zero attached hydrogens (tertiary/aromatic N) is 2. The van der Waals surface area contributed by atoms with Crippen molar-refractivity contribution in [3.05, 3.63) is 69.6 Å². The number of imidazole rings is 1. The minimum absolute atomic E-state index is 0.135. The first kappa shape index (κ1) is 13.9. The topological polar surface area (TPSA) is 47.2 Å². The van der Waals surface area contributed by atoms with E-state index < -0.39 is 6.10 Å². The maximum atomic E-state index is 12.3. The molecule has 1 N–H and O–H groups in total. The number of fused-ring (bicyclic) bond motifs is 1. The highest BCUT2D eigenvalue weighted by Gasteiger charge is 2.15. The lowest BCUT2D eigenvalue weighted by molar-refractivity contribution is 0.156. The number of halogens is 1. The number of hydrogen-bond donors (Lipinski definition) is 1. The Hall–Kier alpha value is -2.04. The molecule has 0 radical (unpaired) electrons. The van der Waals surface area contributed by atoms with E-state index in [0.29, 0.717) is 5.02 Å². The molecular formula is C16H15ClN2O2. The molecule has 1 heterocycles. The van der Waals surface area contributed by atoms with Crippen LogP contribution in [0.2, 0.25) is 5.02 Å². The van der Waals surface area contributed by atoms with E-state index in [1.807, 2.05) is 24.3 Å². The molecule has 0 aliphatic rings. The number of benzene rings is 2. The summed E-state index contributed by atoms with van der Waals surface area (Å²) >= 11 is 5.84. The lowest BCUT2D eigenvalue weighted by atomic mass is 10.1. The number of aliphatic hydroxyl groups is 1. The van der Waals surface area contributed by atoms with Crippen molar-refractivity contribution in [2.75, 3.05) is 0 Å². The summed E-state index contributed by atoms with van der Waals surface area (Å²) in [6, 6.07) is 14.5. The Bertz CT molecular complexity index is 834. The van der Waals surface area contributed by atoms with Gasteiger partial charge in [0.25, 0.3) is 0 Å². The summed E-state index contributed by atoms with van der Waals surface area (Å²) in [5.41, 5.74) is 2.27. The maximum absolute atomic E-state index is 12.3. The van der Waals surface area contributed by atoms with Crippen LogP contribution in [0.4, 0.5) is 0 Å². The first-order chi connectivity index (χ1) is 10.1. The Kier molecular flexibility index (Phi) is 3.57. The van der Waals surface area contributed by atoms with Crippen LogP contribution in [0, 0.1) is 0 Å². The van der Waals surface area contributed by atoms with Gasteiger partial charge in [-0.2, -0.15) is 0 Å². The van der Waals surface area contributed by atoms with E-state index in [-0.39, 0.29) is 12.2 Å². The summed E-state index contributed by atoms with van der Waals surface area (Å²) in [7, 11) is 1.73. The summed E-state index contributed by atoms with van der Waals surface area (Å²) in [6.45, 7) is 0.210. The number of aryl methyl sites for hydroxylation is 1. The van der Waals surface area contributed by atoms with Gasteiger partial charge in [0.15, 0.2) is 0 Å². The second-order valence-corrected chi connectivity index (χ2v) is 5.44. The average Bonchev–Trinajstić information content (AvgIpc) is 2.73. The molecule has 0 spiro atoms. The predicted octanol–water partition coefficient (Wildman–Crippen LogP) is 2.73. The zero-order valence-corrected chi connectivity index (χ0v) is 12.3. The number of rotatable bonds is 3. The van der Waals surface area contributed by atoms with Crippen molar-refractivity contribution in [3.63, 3.8) is 0 Å². The van der Waals surface area contributed by atoms with Gasteiger partial charge in [0.2, 0.25) is 0 Å². The number of hydrogen-bond acceptors (Lipinski definition) is 2. The van der Waals surface area contributed by atoms with Crippen molar-refractivity contribution >= 4 is 22.6 Å². The highest BCUT2D eigenvalue weighted by molar-refractivity contribution is 6.30. The van der Waals surface area contributed by atoms with Gasteiger partial charge in [-0.15, -0.1) is 0 Å². The quantitative estimate of drug-likeness (QED) is 0.808. The van der Waals surface area contributed by atoms with Gasteiger partial charge in [0.1, 0.15) is 0 Å². The van der Waals surface area contributed by atoms with E-state index in [0.717, 1.165) is 16.6 Å². The normalized spacial score (nSPS) is 12.7. The van der Waals surface area contributed by atoms with Gasteiger partial charge in [-0.05, 0) is 29.8 Å². The minimum atomic E-state index is -0.759. The molecule has 2 aromatic carbocycles. The Morgan fingerprint density at radius 1 is 1.10 bits per heavy atom. The van der Waals surface area contributed by atoms with Crippen LogP contribution in [-0.2, 0) is 13.6 Å². The van der Waals surface area contributed by atoms with Gasteiger partial charge < -0.3 is 5.11 Å². The van der Waals surface area contributed by atoms with E-state index in [1.165, 1.54) is 0 Å². The van der Waals surface area contributed by atoms with Crippen LogP contribution < -0.4 is 5.69 Å². The van der Waals surface area contributed by atoms with Gasteiger partial charge in [-0.1, -0.05) is 35.9 Å². The summed E-state index contributed by atoms with van der Waals surface area (Å²) in [5.74, 6) is 0. The minimum Gasteiger partial charge on any atom is -0.387 e. The van der Waals surface area contributed by atoms with Gasteiger partial charge in [0.05, 0.1) is 23.7 Å². The average molecular weight is 303 g/mol. The van der Waals surface area contributed by atoms with Crippen LogP contribution >= 0.6 is 11.6 Å². The van der Waals surface area contributed by atoms with Crippen molar-refractivity contribution in [1.82, 2.24) is 9.13 Å². The van der Waals surface area contributed by atoms with Crippen LogP contribution in [-0.4, -0.2) is 14.2 Å². The van der Waals surface area contributed by atoms with Crippen molar-refractivity contribution in [1.29, 1.82) is 0 Å². The second kappa shape index (κ2) is 5.39. The van der Waals surface area contributed by atoms with Crippen LogP contribution in [0.5, 0.6) is 0 Å². The van der Waals surface area contributed by atoms with Crippen LogP contribution in [0.15, 0.2) is 53.3 Å². The Morgan fingerprint density at radius 3 is 2.38 bits per heavy atom. The first-order valence-corrected chi connectivity index (χ1v) is 7.03. The highest BCUT2D eigenvalue weighted by Crippen LogP contribution is 2.20. The number of aliphatic hydroxyl groups excluding tert-OH is 1. The predicted molar refractivity (Wildman–Crippen MR) is 83.6 cm³/mol. The van der Waals surface area contributed by atoms with Crippen molar-refractivity contribution in [2.24, 2.45) is 7.05 Å². The molecule has 1 aromatic heterocycles. The molecule has 0 saturated carbocycles. The molecule has 0 aliphatic carbocycles. The van der Waals surface area contributed by atoms with Crippen molar-refractivity contribution in [3.8, 4) is 0 Å². The Balaban J connectivity index is 2.00. The van der Waals surface area contributed by atoms with Crippen molar-refractivity contribution < 1.29 is 5.11 Å². The van der Waals surface area contributed by atoms with Gasteiger partial charge in [-0.3, -0.25) is 9.13 Å². The van der Waals surface area contributed by atoms with Gasteiger partial charge >= 0.3 is 5.69 Å². The second-order valence-electron chi connectivity index (χ2n) is 5.01. The SMILES string of the molecule is Cn1c(=O)n(C[C@H](O)c2ccc(Cl)cc2)c2ccccc21. The summed E-state index contributed by atoms with van der Waals surface area (Å²) in [4.78, 5) is 12.3. The first-order valence-electron chi connectivity index (χ1n) is 6.65. The summed E-state index contributed by atoms with van der Waals surface area (Å²) in [5, 5.41) is 11.0. The molecule has 3 aromatic rings. The zero-order chi connectivity index (χ0) is 15.0.